The molecule has 0 spiro atoms. The van der Waals surface area contributed by atoms with Crippen LogP contribution in [0.4, 0.5) is 5.69 Å². The molecule has 0 bridgehead atoms. The van der Waals surface area contributed by atoms with E-state index in [4.69, 9.17) is 11.6 Å². The van der Waals surface area contributed by atoms with Gasteiger partial charge in [0.1, 0.15) is 5.76 Å². The number of nitrogens with one attached hydrogen (secondary N) is 1. The van der Waals surface area contributed by atoms with Gasteiger partial charge < -0.3 is 10.1 Å². The number of aryl methyl sites for hydroxylation is 1. The molecule has 1 unspecified atom stereocenters. The number of aliphatic hydroxyl groups is 1. The molecular weight excluding hydrogens is 426 g/mol. The smallest absolute Gasteiger partial charge is 0.300 e. The molecule has 5 rings (SSSR count). The van der Waals surface area contributed by atoms with Crippen LogP contribution in [0.1, 0.15) is 22.7 Å². The lowest BCUT2D eigenvalue weighted by Gasteiger charge is -2.26. The number of nitrogens with zero attached hydrogens (tertiary/aromatic N) is 2. The number of rotatable bonds is 3. The van der Waals surface area contributed by atoms with Crippen LogP contribution >= 0.6 is 11.6 Å². The highest BCUT2D eigenvalue weighted by Crippen LogP contribution is 2.44. The van der Waals surface area contributed by atoms with Gasteiger partial charge in [-0.2, -0.15) is 0 Å². The molecule has 1 atom stereocenters. The summed E-state index contributed by atoms with van der Waals surface area (Å²) in [5.41, 5.74) is 3.24. The largest absolute Gasteiger partial charge is 0.507 e. The highest BCUT2D eigenvalue weighted by atomic mass is 35.5. The van der Waals surface area contributed by atoms with Crippen LogP contribution in [-0.4, -0.2) is 26.8 Å². The summed E-state index contributed by atoms with van der Waals surface area (Å²) in [5, 5.41) is 12.5. The number of benzene rings is 2. The average molecular weight is 444 g/mol. The molecule has 2 N–H and O–H groups in total. The van der Waals surface area contributed by atoms with Gasteiger partial charge in [-0.15, -0.1) is 0 Å². The third kappa shape index (κ3) is 3.08. The summed E-state index contributed by atoms with van der Waals surface area (Å²) in [6.07, 6.45) is 4.82. The maximum absolute atomic E-state index is 13.3. The molecule has 1 fully saturated rings. The molecule has 158 valence electrons. The maximum atomic E-state index is 13.3. The van der Waals surface area contributed by atoms with Gasteiger partial charge >= 0.3 is 0 Å². The van der Waals surface area contributed by atoms with Gasteiger partial charge in [0.15, 0.2) is 0 Å². The van der Waals surface area contributed by atoms with E-state index in [-0.39, 0.29) is 11.3 Å². The number of anilines is 1. The lowest BCUT2D eigenvalue weighted by Crippen LogP contribution is -2.30. The van der Waals surface area contributed by atoms with Gasteiger partial charge in [0.25, 0.3) is 11.7 Å². The Bertz CT molecular complexity index is 1410. The van der Waals surface area contributed by atoms with Crippen LogP contribution in [-0.2, 0) is 9.59 Å². The average Bonchev–Trinajstić information content (AvgIpc) is 3.35. The molecule has 1 aliphatic heterocycles. The SMILES string of the molecule is Cc1ccc(Cl)cc1N1C(=O)C(=O)/C(=C(\O)c2c[nH]c3ccccc23)C1c1ccncc1. The van der Waals surface area contributed by atoms with E-state index in [1.165, 1.54) is 4.90 Å². The Morgan fingerprint density at radius 3 is 2.62 bits per heavy atom. The number of amides is 1. The van der Waals surface area contributed by atoms with Crippen molar-refractivity contribution in [2.24, 2.45) is 0 Å². The normalized spacial score (nSPS) is 17.9. The molecule has 0 radical (unpaired) electrons. The van der Waals surface area contributed by atoms with Crippen LogP contribution in [0.3, 0.4) is 0 Å². The molecule has 1 saturated heterocycles. The predicted octanol–water partition coefficient (Wildman–Crippen LogP) is 5.15. The third-order valence-electron chi connectivity index (χ3n) is 5.74. The van der Waals surface area contributed by atoms with Gasteiger partial charge in [-0.25, -0.2) is 0 Å². The van der Waals surface area contributed by atoms with Gasteiger partial charge in [0, 0.05) is 45.8 Å². The number of carbonyl (C=O) groups excluding carboxylic acids is 2. The monoisotopic (exact) mass is 443 g/mol. The molecule has 2 aromatic heterocycles. The molecule has 1 amide bonds. The molecule has 2 aromatic carbocycles. The fourth-order valence-electron chi connectivity index (χ4n) is 4.20. The quantitative estimate of drug-likeness (QED) is 0.260. The van der Waals surface area contributed by atoms with Gasteiger partial charge in [-0.3, -0.25) is 19.5 Å². The molecular formula is C25H18ClN3O3. The number of H-pyrrole nitrogens is 1. The number of hydrogen-bond acceptors (Lipinski definition) is 4. The molecule has 1 aliphatic rings. The Labute approximate surface area is 188 Å². The Morgan fingerprint density at radius 1 is 1.09 bits per heavy atom. The zero-order chi connectivity index (χ0) is 22.4. The fraction of sp³-hybridized carbons (Fsp3) is 0.0800. The number of pyridine rings is 1. The van der Waals surface area contributed by atoms with Crippen molar-refractivity contribution >= 4 is 45.6 Å². The summed E-state index contributed by atoms with van der Waals surface area (Å²) >= 11 is 6.22. The highest BCUT2D eigenvalue weighted by molar-refractivity contribution is 6.52. The number of para-hydroxylation sites is 1. The third-order valence-corrected chi connectivity index (χ3v) is 5.98. The summed E-state index contributed by atoms with van der Waals surface area (Å²) in [6.45, 7) is 1.84. The maximum Gasteiger partial charge on any atom is 0.300 e. The second-order valence-corrected chi connectivity index (χ2v) is 8.06. The van der Waals surface area contributed by atoms with Crippen molar-refractivity contribution in [3.05, 3.63) is 100 Å². The second kappa shape index (κ2) is 7.66. The van der Waals surface area contributed by atoms with E-state index in [0.29, 0.717) is 21.8 Å². The van der Waals surface area contributed by atoms with Gasteiger partial charge in [0.05, 0.1) is 11.6 Å². The van der Waals surface area contributed by atoms with Crippen molar-refractivity contribution in [2.75, 3.05) is 4.90 Å². The van der Waals surface area contributed by atoms with Crippen molar-refractivity contribution < 1.29 is 14.7 Å². The lowest BCUT2D eigenvalue weighted by atomic mass is 9.95. The number of aliphatic hydroxyl groups excluding tert-OH is 1. The van der Waals surface area contributed by atoms with Gasteiger partial charge in [-0.05, 0) is 48.4 Å². The number of carbonyl (C=O) groups is 2. The van der Waals surface area contributed by atoms with Crippen LogP contribution in [0.25, 0.3) is 16.7 Å². The van der Waals surface area contributed by atoms with Gasteiger partial charge in [0.2, 0.25) is 0 Å². The zero-order valence-corrected chi connectivity index (χ0v) is 17.8. The number of halogens is 1. The first-order chi connectivity index (χ1) is 15.5. The minimum Gasteiger partial charge on any atom is -0.507 e. The van der Waals surface area contributed by atoms with Crippen LogP contribution in [0.2, 0.25) is 5.02 Å². The minimum atomic E-state index is -0.830. The fourth-order valence-corrected chi connectivity index (χ4v) is 4.36. The molecule has 6 nitrogen and oxygen atoms in total. The molecule has 3 heterocycles. The summed E-state index contributed by atoms with van der Waals surface area (Å²) in [5.74, 6) is -1.71. The van der Waals surface area contributed by atoms with Crippen LogP contribution in [0.5, 0.6) is 0 Å². The van der Waals surface area contributed by atoms with Crippen LogP contribution < -0.4 is 4.90 Å². The summed E-state index contributed by atoms with van der Waals surface area (Å²) in [4.78, 5) is 35.1. The van der Waals surface area contributed by atoms with Crippen molar-refractivity contribution in [1.82, 2.24) is 9.97 Å². The van der Waals surface area contributed by atoms with Crippen molar-refractivity contribution in [1.29, 1.82) is 0 Å². The number of aromatic nitrogens is 2. The molecule has 0 aliphatic carbocycles. The van der Waals surface area contributed by atoms with E-state index in [2.05, 4.69) is 9.97 Å². The number of ketones is 1. The first kappa shape index (κ1) is 20.0. The molecule has 4 aromatic rings. The number of hydrogen-bond donors (Lipinski definition) is 2. The van der Waals surface area contributed by atoms with E-state index in [1.54, 1.807) is 48.9 Å². The predicted molar refractivity (Wildman–Crippen MR) is 124 cm³/mol. The van der Waals surface area contributed by atoms with Crippen molar-refractivity contribution in [2.45, 2.75) is 13.0 Å². The number of Topliss-reactive ketones (excluding diaryl/α,β-unsaturated/α-hetero) is 1. The topological polar surface area (TPSA) is 86.3 Å². The van der Waals surface area contributed by atoms with Crippen molar-refractivity contribution in [3.63, 3.8) is 0 Å². The minimum absolute atomic E-state index is 0.0188. The lowest BCUT2D eigenvalue weighted by molar-refractivity contribution is -0.132. The van der Waals surface area contributed by atoms with E-state index < -0.39 is 17.7 Å². The van der Waals surface area contributed by atoms with E-state index >= 15 is 0 Å². The zero-order valence-electron chi connectivity index (χ0n) is 17.0. The van der Waals surface area contributed by atoms with Crippen LogP contribution in [0, 0.1) is 6.92 Å². The molecule has 32 heavy (non-hydrogen) atoms. The second-order valence-electron chi connectivity index (χ2n) is 7.63. The Kier molecular flexibility index (Phi) is 4.79. The Hall–Kier alpha value is -3.90. The van der Waals surface area contributed by atoms with E-state index in [1.807, 2.05) is 31.2 Å². The van der Waals surface area contributed by atoms with E-state index in [9.17, 15) is 14.7 Å². The number of fused-ring (bicyclic) bond motifs is 1. The molecule has 0 saturated carbocycles. The summed E-state index contributed by atoms with van der Waals surface area (Å²) < 4.78 is 0. The summed E-state index contributed by atoms with van der Waals surface area (Å²) in [6, 6.07) is 15.2. The Balaban J connectivity index is 1.78. The van der Waals surface area contributed by atoms with Crippen molar-refractivity contribution in [3.8, 4) is 0 Å². The standard InChI is InChI=1S/C25H18ClN3O3/c1-14-6-7-16(26)12-20(14)29-22(15-8-10-27-11-9-15)21(24(31)25(29)32)23(30)18-13-28-19-5-3-2-4-17(18)19/h2-13,22,28,30H,1H3/b23-21-. The van der Waals surface area contributed by atoms with E-state index in [0.717, 1.165) is 16.5 Å². The first-order valence-corrected chi connectivity index (χ1v) is 10.4. The van der Waals surface area contributed by atoms with Gasteiger partial charge in [-0.1, -0.05) is 35.9 Å². The first-order valence-electron chi connectivity index (χ1n) is 10.0. The van der Waals surface area contributed by atoms with Crippen LogP contribution in [0.15, 0.2) is 78.8 Å². The number of aromatic amines is 1. The molecule has 7 heteroatoms. The summed E-state index contributed by atoms with van der Waals surface area (Å²) in [7, 11) is 0. The highest BCUT2D eigenvalue weighted by Gasteiger charge is 2.47. The Morgan fingerprint density at radius 2 is 1.84 bits per heavy atom.